The number of nitrogens with zero attached hydrogens (tertiary/aromatic N) is 2. The Morgan fingerprint density at radius 2 is 2.25 bits per heavy atom. The van der Waals surface area contributed by atoms with Crippen LogP contribution in [-0.4, -0.2) is 17.0 Å². The summed E-state index contributed by atoms with van der Waals surface area (Å²) in [6.07, 6.45) is 0. The van der Waals surface area contributed by atoms with E-state index in [-0.39, 0.29) is 11.4 Å². The van der Waals surface area contributed by atoms with Crippen LogP contribution in [0.4, 0.5) is 5.69 Å². The molecule has 106 valence electrons. The normalized spacial score (nSPS) is 10.5. The van der Waals surface area contributed by atoms with Gasteiger partial charge in [-0.1, -0.05) is 6.07 Å². The lowest BCUT2D eigenvalue weighted by Crippen LogP contribution is -2.12. The first-order valence-corrected chi connectivity index (χ1v) is 6.91. The zero-order valence-electron chi connectivity index (χ0n) is 11.3. The molecule has 0 atom stereocenters. The first-order valence-electron chi connectivity index (χ1n) is 6.03. The van der Waals surface area contributed by atoms with Crippen molar-refractivity contribution < 1.29 is 9.66 Å². The summed E-state index contributed by atoms with van der Waals surface area (Å²) in [5.41, 5.74) is 1.83. The number of hydrogen-bond acceptors (Lipinski definition) is 6. The molecule has 7 heteroatoms. The third-order valence-electron chi connectivity index (χ3n) is 2.71. The summed E-state index contributed by atoms with van der Waals surface area (Å²) >= 11 is 1.60. The van der Waals surface area contributed by atoms with E-state index in [9.17, 15) is 10.1 Å². The molecule has 1 N–H and O–H groups in total. The highest BCUT2D eigenvalue weighted by molar-refractivity contribution is 7.09. The van der Waals surface area contributed by atoms with Crippen molar-refractivity contribution in [3.8, 4) is 5.75 Å². The minimum atomic E-state index is -0.438. The van der Waals surface area contributed by atoms with Gasteiger partial charge in [0.25, 0.3) is 0 Å². The monoisotopic (exact) mass is 293 g/mol. The number of rotatable bonds is 6. The lowest BCUT2D eigenvalue weighted by Gasteiger charge is -2.06. The van der Waals surface area contributed by atoms with E-state index in [1.807, 2.05) is 18.4 Å². The van der Waals surface area contributed by atoms with E-state index in [2.05, 4.69) is 10.3 Å². The Morgan fingerprint density at radius 3 is 2.85 bits per heavy atom. The number of methoxy groups -OCH3 is 1. The zero-order chi connectivity index (χ0) is 14.5. The van der Waals surface area contributed by atoms with Crippen LogP contribution < -0.4 is 10.1 Å². The van der Waals surface area contributed by atoms with Gasteiger partial charge < -0.3 is 10.1 Å². The molecular weight excluding hydrogens is 278 g/mol. The Kier molecular flexibility index (Phi) is 4.65. The van der Waals surface area contributed by atoms with Gasteiger partial charge in [-0.2, -0.15) is 0 Å². The van der Waals surface area contributed by atoms with Gasteiger partial charge in [-0.05, 0) is 18.6 Å². The molecular formula is C13H15N3O3S. The van der Waals surface area contributed by atoms with Gasteiger partial charge in [0, 0.05) is 30.2 Å². The molecule has 2 rings (SSSR count). The SMILES string of the molecule is COc1ccc(CNCc2nc(C)cs2)cc1[N+](=O)[O-]. The second-order valence-corrected chi connectivity index (χ2v) is 5.19. The molecule has 1 aromatic heterocycles. The van der Waals surface area contributed by atoms with Gasteiger partial charge in [0.05, 0.1) is 12.0 Å². The molecule has 0 amide bonds. The molecule has 0 aliphatic carbocycles. The maximum atomic E-state index is 10.9. The molecule has 0 saturated heterocycles. The van der Waals surface area contributed by atoms with Gasteiger partial charge in [-0.25, -0.2) is 4.98 Å². The van der Waals surface area contributed by atoms with Crippen LogP contribution in [0.1, 0.15) is 16.3 Å². The summed E-state index contributed by atoms with van der Waals surface area (Å²) < 4.78 is 4.97. The van der Waals surface area contributed by atoms with Crippen molar-refractivity contribution >= 4 is 17.0 Å². The molecule has 0 spiro atoms. The molecule has 0 fully saturated rings. The fourth-order valence-corrected chi connectivity index (χ4v) is 2.53. The summed E-state index contributed by atoms with van der Waals surface area (Å²) in [5.74, 6) is 0.272. The summed E-state index contributed by atoms with van der Waals surface area (Å²) in [6, 6.07) is 4.95. The van der Waals surface area contributed by atoms with Crippen molar-refractivity contribution in [3.63, 3.8) is 0 Å². The van der Waals surface area contributed by atoms with Crippen LogP contribution in [0.25, 0.3) is 0 Å². The Bertz CT molecular complexity index is 613. The van der Waals surface area contributed by atoms with Gasteiger partial charge in [0.2, 0.25) is 0 Å². The van der Waals surface area contributed by atoms with Gasteiger partial charge in [-0.3, -0.25) is 10.1 Å². The molecule has 20 heavy (non-hydrogen) atoms. The quantitative estimate of drug-likeness (QED) is 0.654. The maximum Gasteiger partial charge on any atom is 0.311 e. The number of hydrogen-bond donors (Lipinski definition) is 1. The van der Waals surface area contributed by atoms with Crippen molar-refractivity contribution in [2.24, 2.45) is 0 Å². The number of benzene rings is 1. The first kappa shape index (κ1) is 14.4. The molecule has 0 aliphatic rings. The minimum absolute atomic E-state index is 0.0168. The van der Waals surface area contributed by atoms with E-state index in [1.165, 1.54) is 13.2 Å². The van der Waals surface area contributed by atoms with Crippen molar-refractivity contribution in [1.82, 2.24) is 10.3 Å². The van der Waals surface area contributed by atoms with Crippen LogP contribution in [0, 0.1) is 17.0 Å². The number of nitro groups is 1. The van der Waals surface area contributed by atoms with Crippen LogP contribution in [0.15, 0.2) is 23.6 Å². The predicted molar refractivity (Wildman–Crippen MR) is 77.0 cm³/mol. The van der Waals surface area contributed by atoms with E-state index >= 15 is 0 Å². The van der Waals surface area contributed by atoms with Crippen LogP contribution in [0.5, 0.6) is 5.75 Å². The number of thiazole rings is 1. The van der Waals surface area contributed by atoms with Crippen LogP contribution in [0.2, 0.25) is 0 Å². The second-order valence-electron chi connectivity index (χ2n) is 4.25. The van der Waals surface area contributed by atoms with E-state index < -0.39 is 4.92 Å². The Morgan fingerprint density at radius 1 is 1.45 bits per heavy atom. The summed E-state index contributed by atoms with van der Waals surface area (Å²) in [6.45, 7) is 3.15. The number of aromatic nitrogens is 1. The largest absolute Gasteiger partial charge is 0.490 e. The standard InChI is InChI=1S/C13H15N3O3S/c1-9-8-20-13(15-9)7-14-6-10-3-4-12(19-2)11(5-10)16(17)18/h3-5,8,14H,6-7H2,1-2H3. The van der Waals surface area contributed by atoms with E-state index in [0.29, 0.717) is 13.1 Å². The first-order chi connectivity index (χ1) is 9.60. The zero-order valence-corrected chi connectivity index (χ0v) is 12.1. The molecule has 0 saturated carbocycles. The molecule has 1 heterocycles. The molecule has 0 aliphatic heterocycles. The van der Waals surface area contributed by atoms with Crippen LogP contribution in [-0.2, 0) is 13.1 Å². The van der Waals surface area contributed by atoms with Gasteiger partial charge in [0.1, 0.15) is 5.01 Å². The topological polar surface area (TPSA) is 77.3 Å². The third kappa shape index (κ3) is 3.52. The van der Waals surface area contributed by atoms with E-state index in [4.69, 9.17) is 4.74 Å². The van der Waals surface area contributed by atoms with Crippen molar-refractivity contribution in [2.45, 2.75) is 20.0 Å². The fraction of sp³-hybridized carbons (Fsp3) is 0.308. The van der Waals surface area contributed by atoms with Crippen molar-refractivity contribution in [2.75, 3.05) is 7.11 Å². The van der Waals surface area contributed by atoms with Crippen molar-refractivity contribution in [3.05, 3.63) is 50.0 Å². The lowest BCUT2D eigenvalue weighted by atomic mass is 10.2. The van der Waals surface area contributed by atoms with E-state index in [0.717, 1.165) is 16.3 Å². The fourth-order valence-electron chi connectivity index (χ4n) is 1.79. The number of aryl methyl sites for hydroxylation is 1. The molecule has 6 nitrogen and oxygen atoms in total. The predicted octanol–water partition coefficient (Wildman–Crippen LogP) is 2.66. The average Bonchev–Trinajstić information content (AvgIpc) is 2.84. The molecule has 0 radical (unpaired) electrons. The maximum absolute atomic E-state index is 10.9. The molecule has 2 aromatic rings. The third-order valence-corrected chi connectivity index (χ3v) is 3.68. The number of nitro benzene ring substituents is 1. The highest BCUT2D eigenvalue weighted by Crippen LogP contribution is 2.27. The molecule has 0 unspecified atom stereocenters. The average molecular weight is 293 g/mol. The summed E-state index contributed by atoms with van der Waals surface area (Å²) in [4.78, 5) is 14.8. The van der Waals surface area contributed by atoms with Gasteiger partial charge in [0.15, 0.2) is 5.75 Å². The Balaban J connectivity index is 1.99. The second kappa shape index (κ2) is 6.44. The molecule has 1 aromatic carbocycles. The summed E-state index contributed by atoms with van der Waals surface area (Å²) in [7, 11) is 1.42. The minimum Gasteiger partial charge on any atom is -0.490 e. The highest BCUT2D eigenvalue weighted by Gasteiger charge is 2.14. The lowest BCUT2D eigenvalue weighted by molar-refractivity contribution is -0.385. The van der Waals surface area contributed by atoms with Crippen LogP contribution in [0.3, 0.4) is 0 Å². The summed E-state index contributed by atoms with van der Waals surface area (Å²) in [5, 5.41) is 17.1. The Hall–Kier alpha value is -1.99. The molecule has 0 bridgehead atoms. The Labute approximate surface area is 120 Å². The van der Waals surface area contributed by atoms with Gasteiger partial charge in [-0.15, -0.1) is 11.3 Å². The highest BCUT2D eigenvalue weighted by atomic mass is 32.1. The number of ether oxygens (including phenoxy) is 1. The van der Waals surface area contributed by atoms with E-state index in [1.54, 1.807) is 17.4 Å². The van der Waals surface area contributed by atoms with Gasteiger partial charge >= 0.3 is 5.69 Å². The smallest absolute Gasteiger partial charge is 0.311 e. The number of nitrogens with one attached hydrogen (secondary N) is 1. The van der Waals surface area contributed by atoms with Crippen LogP contribution >= 0.6 is 11.3 Å². The van der Waals surface area contributed by atoms with Crippen molar-refractivity contribution in [1.29, 1.82) is 0 Å².